The van der Waals surface area contributed by atoms with E-state index in [-0.39, 0.29) is 29.1 Å². The lowest BCUT2D eigenvalue weighted by atomic mass is 10.1. The number of carbonyl (C=O) groups is 2. The number of nitrogens with zero attached hydrogens (tertiary/aromatic N) is 2. The average Bonchev–Trinajstić information content (AvgIpc) is 2.96. The molecule has 0 radical (unpaired) electrons. The molecule has 0 aromatic heterocycles. The van der Waals surface area contributed by atoms with Crippen LogP contribution in [0.3, 0.4) is 0 Å². The molecule has 0 aliphatic heterocycles. The largest absolute Gasteiger partial charge is 0.494 e. The van der Waals surface area contributed by atoms with Crippen LogP contribution in [0.15, 0.2) is 77.7 Å². The van der Waals surface area contributed by atoms with E-state index in [2.05, 4.69) is 5.32 Å². The van der Waals surface area contributed by atoms with Crippen LogP contribution in [0.5, 0.6) is 5.75 Å². The Hall–Kier alpha value is -3.92. The number of halogens is 1. The molecule has 3 aromatic carbocycles. The first kappa shape index (κ1) is 31.6. The molecule has 220 valence electrons. The van der Waals surface area contributed by atoms with Gasteiger partial charge in [-0.25, -0.2) is 12.8 Å². The smallest absolute Gasteiger partial charge is 0.264 e. The maximum absolute atomic E-state index is 14.0. The van der Waals surface area contributed by atoms with E-state index in [0.29, 0.717) is 18.8 Å². The Balaban J connectivity index is 2.02. The molecular weight excluding hydrogens is 545 g/mol. The molecule has 0 saturated carbocycles. The zero-order chi connectivity index (χ0) is 30.2. The van der Waals surface area contributed by atoms with Gasteiger partial charge >= 0.3 is 0 Å². The Labute approximate surface area is 242 Å². The Bertz CT molecular complexity index is 1430. The topological polar surface area (TPSA) is 96.0 Å². The summed E-state index contributed by atoms with van der Waals surface area (Å²) in [4.78, 5) is 28.4. The molecule has 0 saturated heterocycles. The molecule has 0 bridgehead atoms. The number of carbonyl (C=O) groups excluding carboxylic acids is 2. The van der Waals surface area contributed by atoms with E-state index < -0.39 is 34.3 Å². The van der Waals surface area contributed by atoms with E-state index in [1.807, 2.05) is 52.0 Å². The number of amides is 2. The summed E-state index contributed by atoms with van der Waals surface area (Å²) in [5, 5.41) is 2.91. The Morgan fingerprint density at radius 3 is 2.17 bits per heavy atom. The number of hydrogen-bond acceptors (Lipinski definition) is 5. The summed E-state index contributed by atoms with van der Waals surface area (Å²) in [7, 11) is -4.27. The van der Waals surface area contributed by atoms with Gasteiger partial charge in [-0.2, -0.15) is 0 Å². The van der Waals surface area contributed by atoms with E-state index in [9.17, 15) is 22.4 Å². The average molecular weight is 584 g/mol. The molecule has 1 N–H and O–H groups in total. The van der Waals surface area contributed by atoms with Gasteiger partial charge < -0.3 is 15.0 Å². The first-order chi connectivity index (χ1) is 19.5. The molecule has 0 spiro atoms. The zero-order valence-electron chi connectivity index (χ0n) is 24.1. The van der Waals surface area contributed by atoms with Crippen molar-refractivity contribution in [2.75, 3.05) is 17.5 Å². The normalized spacial score (nSPS) is 12.7. The molecule has 10 heteroatoms. The Morgan fingerprint density at radius 2 is 1.59 bits per heavy atom. The van der Waals surface area contributed by atoms with Crippen LogP contribution in [0.4, 0.5) is 10.1 Å². The van der Waals surface area contributed by atoms with Gasteiger partial charge in [0.25, 0.3) is 10.0 Å². The second-order valence-electron chi connectivity index (χ2n) is 9.83. The van der Waals surface area contributed by atoms with Crippen LogP contribution in [-0.2, 0) is 26.2 Å². The molecule has 2 atom stereocenters. The van der Waals surface area contributed by atoms with Gasteiger partial charge in [0.2, 0.25) is 11.8 Å². The quantitative estimate of drug-likeness (QED) is 0.304. The predicted molar refractivity (Wildman–Crippen MR) is 158 cm³/mol. The molecule has 0 heterocycles. The third-order valence-corrected chi connectivity index (χ3v) is 8.67. The Morgan fingerprint density at radius 1 is 0.951 bits per heavy atom. The minimum absolute atomic E-state index is 0.0638. The van der Waals surface area contributed by atoms with Crippen LogP contribution in [-0.4, -0.2) is 50.4 Å². The van der Waals surface area contributed by atoms with Crippen molar-refractivity contribution in [1.82, 2.24) is 10.2 Å². The zero-order valence-corrected chi connectivity index (χ0v) is 24.9. The van der Waals surface area contributed by atoms with Crippen molar-refractivity contribution in [2.45, 2.75) is 64.6 Å². The summed E-state index contributed by atoms with van der Waals surface area (Å²) in [5.74, 6) is -0.973. The highest BCUT2D eigenvalue weighted by molar-refractivity contribution is 7.92. The number of anilines is 1. The van der Waals surface area contributed by atoms with Gasteiger partial charge in [0, 0.05) is 12.6 Å². The fourth-order valence-electron chi connectivity index (χ4n) is 4.16. The van der Waals surface area contributed by atoms with Crippen LogP contribution >= 0.6 is 0 Å². The highest BCUT2D eigenvalue weighted by Gasteiger charge is 2.33. The van der Waals surface area contributed by atoms with Crippen molar-refractivity contribution >= 4 is 27.5 Å². The highest BCUT2D eigenvalue weighted by Crippen LogP contribution is 2.26. The van der Waals surface area contributed by atoms with Crippen molar-refractivity contribution in [3.8, 4) is 5.75 Å². The van der Waals surface area contributed by atoms with Crippen LogP contribution in [0.25, 0.3) is 0 Å². The van der Waals surface area contributed by atoms with Crippen molar-refractivity contribution < 1.29 is 27.1 Å². The van der Waals surface area contributed by atoms with E-state index in [4.69, 9.17) is 4.74 Å². The molecule has 41 heavy (non-hydrogen) atoms. The third kappa shape index (κ3) is 8.07. The minimum Gasteiger partial charge on any atom is -0.494 e. The summed E-state index contributed by atoms with van der Waals surface area (Å²) in [5.41, 5.74) is 1.87. The molecular formula is C31H38FN3O5S. The predicted octanol–water partition coefficient (Wildman–Crippen LogP) is 5.06. The number of ether oxygens (including phenoxy) is 1. The number of aryl methyl sites for hydroxylation is 1. The van der Waals surface area contributed by atoms with Crippen LogP contribution in [0.1, 0.15) is 45.2 Å². The minimum atomic E-state index is -4.27. The molecule has 0 aliphatic rings. The molecule has 2 amide bonds. The van der Waals surface area contributed by atoms with E-state index >= 15 is 0 Å². The molecule has 3 aromatic rings. The fraction of sp³-hybridized carbons (Fsp3) is 0.355. The number of nitrogens with one attached hydrogen (secondary N) is 1. The van der Waals surface area contributed by atoms with Crippen LogP contribution in [0.2, 0.25) is 0 Å². The first-order valence-electron chi connectivity index (χ1n) is 13.6. The highest BCUT2D eigenvalue weighted by atomic mass is 32.2. The van der Waals surface area contributed by atoms with Gasteiger partial charge in [0.05, 0.1) is 17.2 Å². The summed E-state index contributed by atoms with van der Waals surface area (Å²) < 4.78 is 47.9. The third-order valence-electron chi connectivity index (χ3n) is 6.89. The van der Waals surface area contributed by atoms with E-state index in [1.165, 1.54) is 41.3 Å². The monoisotopic (exact) mass is 583 g/mol. The second kappa shape index (κ2) is 14.1. The van der Waals surface area contributed by atoms with Gasteiger partial charge in [0.1, 0.15) is 24.2 Å². The standard InChI is InChI=1S/C31H38FN3O5S/c1-6-23(4)33-31(37)24(5)34(20-25-11-9-8-10-22(25)3)30(36)21-35(27-14-12-26(32)13-15-27)41(38,39)29-18-16-28(17-19-29)40-7-2/h8-19,23-24H,6-7,20-21H2,1-5H3,(H,33,37)/t23-,24-/m1/s1. The van der Waals surface area contributed by atoms with Crippen LogP contribution in [0, 0.1) is 12.7 Å². The number of hydrogen-bond donors (Lipinski definition) is 1. The maximum Gasteiger partial charge on any atom is 0.264 e. The van der Waals surface area contributed by atoms with Gasteiger partial charge in [-0.1, -0.05) is 31.2 Å². The maximum atomic E-state index is 14.0. The van der Waals surface area contributed by atoms with E-state index in [1.54, 1.807) is 6.92 Å². The summed E-state index contributed by atoms with van der Waals surface area (Å²) in [6.45, 7) is 9.08. The molecule has 0 aliphatic carbocycles. The number of benzene rings is 3. The number of rotatable bonds is 13. The van der Waals surface area contributed by atoms with Gasteiger partial charge in [-0.15, -0.1) is 0 Å². The molecule has 8 nitrogen and oxygen atoms in total. The van der Waals surface area contributed by atoms with Crippen LogP contribution < -0.4 is 14.4 Å². The van der Waals surface area contributed by atoms with Crippen molar-refractivity contribution in [3.63, 3.8) is 0 Å². The lowest BCUT2D eigenvalue weighted by Gasteiger charge is -2.32. The van der Waals surface area contributed by atoms with Crippen molar-refractivity contribution in [3.05, 3.63) is 89.7 Å². The SMILES string of the molecule is CCOc1ccc(S(=O)(=O)N(CC(=O)N(Cc2ccccc2C)[C@H](C)C(=O)N[C@H](C)CC)c2ccc(F)cc2)cc1. The summed E-state index contributed by atoms with van der Waals surface area (Å²) >= 11 is 0. The van der Waals surface area contributed by atoms with Gasteiger partial charge in [0.15, 0.2) is 0 Å². The fourth-order valence-corrected chi connectivity index (χ4v) is 5.57. The number of sulfonamides is 1. The molecule has 3 rings (SSSR count). The molecule has 0 fully saturated rings. The van der Waals surface area contributed by atoms with Crippen molar-refractivity contribution in [1.29, 1.82) is 0 Å². The summed E-state index contributed by atoms with van der Waals surface area (Å²) in [6.07, 6.45) is 0.711. The summed E-state index contributed by atoms with van der Waals surface area (Å²) in [6, 6.07) is 17.2. The van der Waals surface area contributed by atoms with Gasteiger partial charge in [-0.3, -0.25) is 13.9 Å². The van der Waals surface area contributed by atoms with Gasteiger partial charge in [-0.05, 0) is 93.8 Å². The second-order valence-corrected chi connectivity index (χ2v) is 11.7. The first-order valence-corrected chi connectivity index (χ1v) is 15.1. The van der Waals surface area contributed by atoms with E-state index in [0.717, 1.165) is 27.6 Å². The Kier molecular flexibility index (Phi) is 10.9. The lowest BCUT2D eigenvalue weighted by molar-refractivity contribution is -0.139. The lowest BCUT2D eigenvalue weighted by Crippen LogP contribution is -2.52. The van der Waals surface area contributed by atoms with Crippen molar-refractivity contribution in [2.24, 2.45) is 0 Å². The molecule has 0 unspecified atom stereocenters.